The lowest BCUT2D eigenvalue weighted by Gasteiger charge is -2.35. The highest BCUT2D eigenvalue weighted by atomic mass is 32.2. The Morgan fingerprint density at radius 2 is 1.83 bits per heavy atom. The van der Waals surface area contributed by atoms with Crippen LogP contribution in [0.5, 0.6) is 0 Å². The van der Waals surface area contributed by atoms with Crippen LogP contribution in [0.1, 0.15) is 59.1 Å². The van der Waals surface area contributed by atoms with Gasteiger partial charge in [-0.15, -0.1) is 11.8 Å². The zero-order valence-electron chi connectivity index (χ0n) is 18.1. The second-order valence-corrected chi connectivity index (χ2v) is 10.6. The summed E-state index contributed by atoms with van der Waals surface area (Å²) >= 11 is 1.89. The number of hydrogen-bond donors (Lipinski definition) is 0. The fourth-order valence-corrected chi connectivity index (χ4v) is 5.84. The van der Waals surface area contributed by atoms with Gasteiger partial charge in [-0.1, -0.05) is 45.0 Å². The molecule has 1 aliphatic carbocycles. The van der Waals surface area contributed by atoms with Crippen LogP contribution in [0.15, 0.2) is 40.2 Å². The van der Waals surface area contributed by atoms with E-state index in [0.717, 1.165) is 23.3 Å². The number of hydrogen-bond acceptors (Lipinski definition) is 4. The van der Waals surface area contributed by atoms with Crippen molar-refractivity contribution in [3.63, 3.8) is 0 Å². The summed E-state index contributed by atoms with van der Waals surface area (Å²) in [6.45, 7) is 13.2. The molecule has 0 bridgehead atoms. The molecule has 2 heterocycles. The Morgan fingerprint density at radius 1 is 1.03 bits per heavy atom. The maximum Gasteiger partial charge on any atom is 0.494 e. The molecule has 0 aromatic heterocycles. The summed E-state index contributed by atoms with van der Waals surface area (Å²) in [6, 6.07) is 11.2. The zero-order chi connectivity index (χ0) is 20.6. The molecule has 0 spiro atoms. The summed E-state index contributed by atoms with van der Waals surface area (Å²) in [5, 5.41) is 0. The van der Waals surface area contributed by atoms with E-state index in [9.17, 15) is 0 Å². The first-order chi connectivity index (χ1) is 13.7. The highest BCUT2D eigenvalue weighted by Gasteiger charge is 2.53. The molecule has 2 aliphatic heterocycles. The van der Waals surface area contributed by atoms with E-state index in [-0.39, 0.29) is 23.7 Å². The third kappa shape index (κ3) is 2.63. The number of aliphatic imine (C=N–C) groups is 1. The maximum atomic E-state index is 6.45. The lowest BCUT2D eigenvalue weighted by atomic mass is 9.74. The minimum atomic E-state index is -0.326. The molecule has 29 heavy (non-hydrogen) atoms. The van der Waals surface area contributed by atoms with Gasteiger partial charge in [0.1, 0.15) is 0 Å². The Balaban J connectivity index is 1.61. The molecule has 3 nitrogen and oxygen atoms in total. The van der Waals surface area contributed by atoms with Gasteiger partial charge in [-0.05, 0) is 55.4 Å². The predicted octanol–water partition coefficient (Wildman–Crippen LogP) is 5.49. The van der Waals surface area contributed by atoms with Crippen molar-refractivity contribution < 1.29 is 9.31 Å². The summed E-state index contributed by atoms with van der Waals surface area (Å²) in [5.74, 6) is 0.936. The average Bonchev–Trinajstić information content (AvgIpc) is 3.09. The van der Waals surface area contributed by atoms with E-state index in [0.29, 0.717) is 0 Å². The molecule has 2 aromatic rings. The molecule has 0 N–H and O–H groups in total. The predicted molar refractivity (Wildman–Crippen MR) is 123 cm³/mol. The van der Waals surface area contributed by atoms with E-state index in [1.54, 1.807) is 0 Å². The summed E-state index contributed by atoms with van der Waals surface area (Å²) < 4.78 is 12.8. The van der Waals surface area contributed by atoms with Crippen molar-refractivity contribution >= 4 is 36.2 Å². The largest absolute Gasteiger partial charge is 0.494 e. The number of rotatable bonds is 2. The fraction of sp³-hybridized carbons (Fsp3) is 0.458. The summed E-state index contributed by atoms with van der Waals surface area (Å²) in [7, 11) is -0.326. The SMILES string of the molecule is CCC1(C)OB(c2ccc3c(c2)C(C)(C)c2ccc4c(c2-3)SCC=N4)OC1(C)C. The fourth-order valence-electron chi connectivity index (χ4n) is 4.89. The molecular weight excluding hydrogens is 377 g/mol. The van der Waals surface area contributed by atoms with Crippen molar-refractivity contribution in [1.29, 1.82) is 0 Å². The van der Waals surface area contributed by atoms with Crippen molar-refractivity contribution in [2.75, 3.05) is 5.75 Å². The van der Waals surface area contributed by atoms with E-state index in [2.05, 4.69) is 76.9 Å². The molecule has 3 aliphatic rings. The minimum Gasteiger partial charge on any atom is -0.399 e. The molecule has 5 heteroatoms. The van der Waals surface area contributed by atoms with Gasteiger partial charge >= 0.3 is 7.12 Å². The lowest BCUT2D eigenvalue weighted by molar-refractivity contribution is -0.0118. The van der Waals surface area contributed by atoms with Crippen molar-refractivity contribution in [1.82, 2.24) is 0 Å². The molecule has 5 rings (SSSR count). The molecule has 0 radical (unpaired) electrons. The van der Waals surface area contributed by atoms with Crippen molar-refractivity contribution in [3.8, 4) is 11.1 Å². The number of nitrogens with zero attached hydrogens (tertiary/aromatic N) is 1. The number of fused-ring (bicyclic) bond motifs is 5. The molecular formula is C24H28BNO2S. The van der Waals surface area contributed by atoms with Crippen LogP contribution in [0, 0.1) is 0 Å². The standard InChI is InChI=1S/C24H28BNO2S/c1-7-24(6)23(4,5)27-25(28-24)15-8-9-16-18(14-15)22(2,3)17-10-11-19-21(20(16)17)29-13-12-26-19/h8-12,14H,7,13H2,1-6H3. The summed E-state index contributed by atoms with van der Waals surface area (Å²) in [5.41, 5.74) is 6.96. The molecule has 1 fully saturated rings. The molecule has 0 amide bonds. The van der Waals surface area contributed by atoms with Gasteiger partial charge in [0.15, 0.2) is 0 Å². The average molecular weight is 405 g/mol. The van der Waals surface area contributed by atoms with E-state index >= 15 is 0 Å². The number of thioether (sulfide) groups is 1. The molecule has 0 saturated carbocycles. The van der Waals surface area contributed by atoms with Crippen LogP contribution in [0.4, 0.5) is 5.69 Å². The minimum absolute atomic E-state index is 0.0559. The maximum absolute atomic E-state index is 6.45. The Bertz CT molecular complexity index is 1050. The Hall–Kier alpha value is -1.56. The van der Waals surface area contributed by atoms with Crippen LogP contribution < -0.4 is 5.46 Å². The normalized spacial score (nSPS) is 25.7. The van der Waals surface area contributed by atoms with E-state index in [1.165, 1.54) is 27.1 Å². The molecule has 1 atom stereocenters. The van der Waals surface area contributed by atoms with Gasteiger partial charge in [0, 0.05) is 27.8 Å². The zero-order valence-corrected chi connectivity index (χ0v) is 18.9. The Kier molecular flexibility index (Phi) is 4.17. The van der Waals surface area contributed by atoms with E-state index in [4.69, 9.17) is 9.31 Å². The lowest BCUT2D eigenvalue weighted by Crippen LogP contribution is -2.44. The van der Waals surface area contributed by atoms with Gasteiger partial charge in [-0.2, -0.15) is 0 Å². The number of benzene rings is 2. The van der Waals surface area contributed by atoms with Crippen molar-refractivity contribution in [2.24, 2.45) is 4.99 Å². The smallest absolute Gasteiger partial charge is 0.399 e. The van der Waals surface area contributed by atoms with Gasteiger partial charge in [0.2, 0.25) is 0 Å². The van der Waals surface area contributed by atoms with E-state index in [1.807, 2.05) is 18.0 Å². The monoisotopic (exact) mass is 405 g/mol. The van der Waals surface area contributed by atoms with Gasteiger partial charge in [-0.25, -0.2) is 0 Å². The van der Waals surface area contributed by atoms with Crippen LogP contribution in [-0.2, 0) is 14.7 Å². The van der Waals surface area contributed by atoms with Gasteiger partial charge in [0.05, 0.1) is 16.9 Å². The summed E-state index contributed by atoms with van der Waals surface area (Å²) in [4.78, 5) is 5.94. The van der Waals surface area contributed by atoms with Gasteiger partial charge < -0.3 is 9.31 Å². The van der Waals surface area contributed by atoms with E-state index < -0.39 is 0 Å². The highest BCUT2D eigenvalue weighted by molar-refractivity contribution is 8.00. The Morgan fingerprint density at radius 3 is 2.55 bits per heavy atom. The topological polar surface area (TPSA) is 30.8 Å². The van der Waals surface area contributed by atoms with Crippen LogP contribution in [0.3, 0.4) is 0 Å². The third-order valence-corrected chi connectivity index (χ3v) is 8.34. The second kappa shape index (κ2) is 6.22. The van der Waals surface area contributed by atoms with Gasteiger partial charge in [0.25, 0.3) is 0 Å². The third-order valence-electron chi connectivity index (χ3n) is 7.32. The van der Waals surface area contributed by atoms with Crippen LogP contribution >= 0.6 is 11.8 Å². The van der Waals surface area contributed by atoms with Crippen LogP contribution in [0.2, 0.25) is 0 Å². The molecule has 1 unspecified atom stereocenters. The highest BCUT2D eigenvalue weighted by Crippen LogP contribution is 2.54. The van der Waals surface area contributed by atoms with Crippen molar-refractivity contribution in [3.05, 3.63) is 41.5 Å². The first kappa shape index (κ1) is 19.4. The molecule has 150 valence electrons. The van der Waals surface area contributed by atoms with Crippen LogP contribution in [-0.4, -0.2) is 30.3 Å². The van der Waals surface area contributed by atoms with Crippen molar-refractivity contribution in [2.45, 2.75) is 69.5 Å². The Labute approximate surface area is 178 Å². The van der Waals surface area contributed by atoms with Crippen LogP contribution in [0.25, 0.3) is 11.1 Å². The first-order valence-electron chi connectivity index (χ1n) is 10.5. The second-order valence-electron chi connectivity index (χ2n) is 9.55. The molecule has 2 aromatic carbocycles. The van der Waals surface area contributed by atoms with Gasteiger partial charge in [-0.3, -0.25) is 4.99 Å². The first-order valence-corrected chi connectivity index (χ1v) is 11.5. The summed E-state index contributed by atoms with van der Waals surface area (Å²) in [6.07, 6.45) is 2.92. The molecule has 1 saturated heterocycles. The quantitative estimate of drug-likeness (QED) is 0.619.